The highest BCUT2D eigenvalue weighted by Gasteiger charge is 2.12. The monoisotopic (exact) mass is 340 g/mol. The third-order valence-corrected chi connectivity index (χ3v) is 4.10. The summed E-state index contributed by atoms with van der Waals surface area (Å²) in [6.07, 6.45) is 1.05. The van der Waals surface area contributed by atoms with Crippen molar-refractivity contribution in [2.75, 3.05) is 44.6 Å². The molecule has 5 nitrogen and oxygen atoms in total. The maximum atomic E-state index is 11.5. The van der Waals surface area contributed by atoms with E-state index in [0.717, 1.165) is 55.8 Å². The summed E-state index contributed by atoms with van der Waals surface area (Å²) in [4.78, 5) is 13.9. The van der Waals surface area contributed by atoms with Gasteiger partial charge in [-0.15, -0.1) is 0 Å². The van der Waals surface area contributed by atoms with Gasteiger partial charge in [0, 0.05) is 42.9 Å². The summed E-state index contributed by atoms with van der Waals surface area (Å²) in [5, 5.41) is 6.65. The minimum Gasteiger partial charge on any atom is -0.384 e. The fourth-order valence-corrected chi connectivity index (χ4v) is 2.94. The Morgan fingerprint density at radius 1 is 1.40 bits per heavy atom. The Labute approximate surface area is 128 Å². The van der Waals surface area contributed by atoms with Crippen LogP contribution in [0.3, 0.4) is 0 Å². The van der Waals surface area contributed by atoms with Crippen molar-refractivity contribution in [3.05, 3.63) is 28.2 Å². The number of piperazine rings is 1. The van der Waals surface area contributed by atoms with Gasteiger partial charge in [-0.2, -0.15) is 0 Å². The van der Waals surface area contributed by atoms with Crippen LogP contribution in [0.2, 0.25) is 0 Å². The van der Waals surface area contributed by atoms with Gasteiger partial charge < -0.3 is 21.3 Å². The number of anilines is 1. The van der Waals surface area contributed by atoms with E-state index < -0.39 is 5.91 Å². The van der Waals surface area contributed by atoms with Crippen LogP contribution < -0.4 is 16.4 Å². The van der Waals surface area contributed by atoms with Crippen LogP contribution in [0.1, 0.15) is 16.8 Å². The SMILES string of the molecule is NC(=O)c1c(Br)cccc1NCCCN1CCNCC1. The van der Waals surface area contributed by atoms with Gasteiger partial charge in [-0.1, -0.05) is 6.07 Å². The second-order valence-corrected chi connectivity index (χ2v) is 5.75. The number of nitrogens with zero attached hydrogens (tertiary/aromatic N) is 1. The van der Waals surface area contributed by atoms with E-state index in [0.29, 0.717) is 5.56 Å². The van der Waals surface area contributed by atoms with Crippen molar-refractivity contribution in [1.29, 1.82) is 0 Å². The lowest BCUT2D eigenvalue weighted by Crippen LogP contribution is -2.44. The first-order chi connectivity index (χ1) is 9.68. The number of primary amides is 1. The van der Waals surface area contributed by atoms with E-state index in [1.54, 1.807) is 0 Å². The summed E-state index contributed by atoms with van der Waals surface area (Å²) in [7, 11) is 0. The topological polar surface area (TPSA) is 70.4 Å². The Kier molecular flexibility index (Phi) is 5.82. The maximum absolute atomic E-state index is 11.5. The van der Waals surface area contributed by atoms with Gasteiger partial charge >= 0.3 is 0 Å². The summed E-state index contributed by atoms with van der Waals surface area (Å²) < 4.78 is 0.733. The van der Waals surface area contributed by atoms with Crippen molar-refractivity contribution in [2.45, 2.75) is 6.42 Å². The first-order valence-corrected chi connectivity index (χ1v) is 7.73. The molecule has 1 aromatic rings. The van der Waals surface area contributed by atoms with Crippen LogP contribution in [0.4, 0.5) is 5.69 Å². The third-order valence-electron chi connectivity index (χ3n) is 3.44. The highest BCUT2D eigenvalue weighted by Crippen LogP contribution is 2.24. The zero-order valence-electron chi connectivity index (χ0n) is 11.5. The van der Waals surface area contributed by atoms with Crippen LogP contribution in [-0.2, 0) is 0 Å². The van der Waals surface area contributed by atoms with Crippen LogP contribution >= 0.6 is 15.9 Å². The van der Waals surface area contributed by atoms with Crippen molar-refractivity contribution in [3.63, 3.8) is 0 Å². The molecule has 1 aliphatic heterocycles. The Morgan fingerprint density at radius 3 is 2.85 bits per heavy atom. The molecule has 0 radical (unpaired) electrons. The first-order valence-electron chi connectivity index (χ1n) is 6.94. The Morgan fingerprint density at radius 2 is 2.15 bits per heavy atom. The van der Waals surface area contributed by atoms with E-state index in [1.807, 2.05) is 18.2 Å². The minimum absolute atomic E-state index is 0.415. The Bertz CT molecular complexity index is 460. The molecule has 6 heteroatoms. The second-order valence-electron chi connectivity index (χ2n) is 4.90. The van der Waals surface area contributed by atoms with Crippen molar-refractivity contribution in [2.24, 2.45) is 5.73 Å². The number of carbonyl (C=O) groups is 1. The lowest BCUT2D eigenvalue weighted by atomic mass is 10.1. The van der Waals surface area contributed by atoms with Crippen LogP contribution in [0.5, 0.6) is 0 Å². The highest BCUT2D eigenvalue weighted by molar-refractivity contribution is 9.10. The molecule has 20 heavy (non-hydrogen) atoms. The molecule has 1 heterocycles. The maximum Gasteiger partial charge on any atom is 0.251 e. The van der Waals surface area contributed by atoms with Crippen molar-refractivity contribution in [1.82, 2.24) is 10.2 Å². The summed E-state index contributed by atoms with van der Waals surface area (Å²) in [6, 6.07) is 5.61. The van der Waals surface area contributed by atoms with Gasteiger partial charge in [0.15, 0.2) is 0 Å². The quantitative estimate of drug-likeness (QED) is 0.682. The molecule has 1 amide bonds. The number of carbonyl (C=O) groups excluding carboxylic acids is 1. The molecule has 0 spiro atoms. The van der Waals surface area contributed by atoms with E-state index in [9.17, 15) is 4.79 Å². The van der Waals surface area contributed by atoms with Gasteiger partial charge in [0.1, 0.15) is 0 Å². The molecule has 1 aromatic carbocycles. The molecule has 0 aliphatic carbocycles. The fourth-order valence-electron chi connectivity index (χ4n) is 2.38. The van der Waals surface area contributed by atoms with Gasteiger partial charge in [0.05, 0.1) is 5.56 Å². The molecule has 4 N–H and O–H groups in total. The standard InChI is InChI=1S/C14H21BrN4O/c15-11-3-1-4-12(13(11)14(16)20)18-5-2-8-19-9-6-17-7-10-19/h1,3-4,17-18H,2,5-10H2,(H2,16,20). The van der Waals surface area contributed by atoms with E-state index in [4.69, 9.17) is 5.73 Å². The summed E-state index contributed by atoms with van der Waals surface area (Å²) in [6.45, 7) is 6.29. The molecular formula is C14H21BrN4O. The summed E-state index contributed by atoms with van der Waals surface area (Å²) in [5.74, 6) is -0.415. The molecule has 1 aliphatic rings. The molecule has 1 fully saturated rings. The number of amides is 1. The minimum atomic E-state index is -0.415. The van der Waals surface area contributed by atoms with Gasteiger partial charge in [-0.25, -0.2) is 0 Å². The molecule has 2 rings (SSSR count). The predicted octanol–water partition coefficient (Wildman–Crippen LogP) is 1.26. The molecule has 0 saturated carbocycles. The molecule has 1 saturated heterocycles. The van der Waals surface area contributed by atoms with E-state index >= 15 is 0 Å². The molecular weight excluding hydrogens is 320 g/mol. The van der Waals surface area contributed by atoms with Crippen molar-refractivity contribution < 1.29 is 4.79 Å². The van der Waals surface area contributed by atoms with E-state index in [1.165, 1.54) is 0 Å². The number of rotatable bonds is 6. The number of benzene rings is 1. The Hall–Kier alpha value is -1.11. The summed E-state index contributed by atoms with van der Waals surface area (Å²) in [5.41, 5.74) is 6.73. The highest BCUT2D eigenvalue weighted by atomic mass is 79.9. The number of nitrogens with one attached hydrogen (secondary N) is 2. The van der Waals surface area contributed by atoms with Gasteiger partial charge in [-0.3, -0.25) is 4.79 Å². The van der Waals surface area contributed by atoms with Crippen molar-refractivity contribution in [3.8, 4) is 0 Å². The van der Waals surface area contributed by atoms with E-state index in [-0.39, 0.29) is 0 Å². The van der Waals surface area contributed by atoms with Gasteiger partial charge in [0.25, 0.3) is 5.91 Å². The van der Waals surface area contributed by atoms with Crippen LogP contribution in [0, 0.1) is 0 Å². The van der Waals surface area contributed by atoms with Gasteiger partial charge in [-0.05, 0) is 41.0 Å². The number of nitrogens with two attached hydrogens (primary N) is 1. The zero-order chi connectivity index (χ0) is 14.4. The van der Waals surface area contributed by atoms with Crippen LogP contribution in [0.15, 0.2) is 22.7 Å². The largest absolute Gasteiger partial charge is 0.384 e. The van der Waals surface area contributed by atoms with Crippen LogP contribution in [-0.4, -0.2) is 50.1 Å². The number of hydrogen-bond donors (Lipinski definition) is 3. The number of hydrogen-bond acceptors (Lipinski definition) is 4. The second kappa shape index (κ2) is 7.61. The molecule has 0 bridgehead atoms. The lowest BCUT2D eigenvalue weighted by molar-refractivity contribution is 0.100. The zero-order valence-corrected chi connectivity index (χ0v) is 13.1. The number of halogens is 1. The predicted molar refractivity (Wildman–Crippen MR) is 85.1 cm³/mol. The lowest BCUT2D eigenvalue weighted by Gasteiger charge is -2.27. The van der Waals surface area contributed by atoms with Crippen LogP contribution in [0.25, 0.3) is 0 Å². The molecule has 0 unspecified atom stereocenters. The average molecular weight is 341 g/mol. The third kappa shape index (κ3) is 4.19. The molecule has 110 valence electrons. The molecule has 0 atom stereocenters. The average Bonchev–Trinajstić information content (AvgIpc) is 2.44. The first kappa shape index (κ1) is 15.3. The summed E-state index contributed by atoms with van der Waals surface area (Å²) >= 11 is 3.36. The normalized spacial score (nSPS) is 16.1. The van der Waals surface area contributed by atoms with Crippen molar-refractivity contribution >= 4 is 27.5 Å². The smallest absolute Gasteiger partial charge is 0.251 e. The molecule has 0 aromatic heterocycles. The Balaban J connectivity index is 1.82. The fraction of sp³-hybridized carbons (Fsp3) is 0.500. The van der Waals surface area contributed by atoms with E-state index in [2.05, 4.69) is 31.5 Å². The van der Waals surface area contributed by atoms with Gasteiger partial charge in [0.2, 0.25) is 0 Å².